The monoisotopic (exact) mass is 265 g/mol. The van der Waals surface area contributed by atoms with Gasteiger partial charge in [-0.25, -0.2) is 4.79 Å². The number of hydrogen-bond acceptors (Lipinski definition) is 4. The van der Waals surface area contributed by atoms with Gasteiger partial charge < -0.3 is 21.5 Å². The van der Waals surface area contributed by atoms with Crippen molar-refractivity contribution in [2.75, 3.05) is 17.6 Å². The van der Waals surface area contributed by atoms with E-state index in [-0.39, 0.29) is 29.2 Å². The van der Waals surface area contributed by atoms with Crippen LogP contribution in [-0.2, 0) is 4.79 Å². The molecule has 0 atom stereocenters. The van der Waals surface area contributed by atoms with Gasteiger partial charge in [0.15, 0.2) is 0 Å². The summed E-state index contributed by atoms with van der Waals surface area (Å²) in [4.78, 5) is 22.4. The van der Waals surface area contributed by atoms with Crippen LogP contribution in [0.5, 0.6) is 0 Å². The second-order valence-electron chi connectivity index (χ2n) is 5.26. The summed E-state index contributed by atoms with van der Waals surface area (Å²) in [5.74, 6) is -1.22. The SMILES string of the molecule is CC(C)(C)NC(=O)CNc1ccc(C(=O)O)c(N)c1. The maximum Gasteiger partial charge on any atom is 0.337 e. The second-order valence-corrected chi connectivity index (χ2v) is 5.26. The molecule has 0 bridgehead atoms. The summed E-state index contributed by atoms with van der Waals surface area (Å²) in [6.45, 7) is 5.78. The number of benzene rings is 1. The summed E-state index contributed by atoms with van der Waals surface area (Å²) in [6, 6.07) is 4.47. The van der Waals surface area contributed by atoms with Gasteiger partial charge >= 0.3 is 5.97 Å². The van der Waals surface area contributed by atoms with Crippen LogP contribution in [0.1, 0.15) is 31.1 Å². The minimum Gasteiger partial charge on any atom is -0.478 e. The number of amides is 1. The van der Waals surface area contributed by atoms with Crippen LogP contribution in [-0.4, -0.2) is 29.1 Å². The first-order valence-corrected chi connectivity index (χ1v) is 5.87. The van der Waals surface area contributed by atoms with Crippen molar-refractivity contribution in [1.29, 1.82) is 0 Å². The summed E-state index contributed by atoms with van der Waals surface area (Å²) >= 11 is 0. The summed E-state index contributed by atoms with van der Waals surface area (Å²) in [5, 5.41) is 14.5. The van der Waals surface area contributed by atoms with Gasteiger partial charge in [-0.1, -0.05) is 0 Å². The van der Waals surface area contributed by atoms with E-state index in [4.69, 9.17) is 10.8 Å². The summed E-state index contributed by atoms with van der Waals surface area (Å²) < 4.78 is 0. The van der Waals surface area contributed by atoms with Gasteiger partial charge in [0.25, 0.3) is 0 Å². The number of carbonyl (C=O) groups excluding carboxylic acids is 1. The number of nitrogens with two attached hydrogens (primary N) is 1. The molecular weight excluding hydrogens is 246 g/mol. The number of hydrogen-bond donors (Lipinski definition) is 4. The number of rotatable bonds is 4. The fourth-order valence-electron chi connectivity index (χ4n) is 1.51. The van der Waals surface area contributed by atoms with E-state index >= 15 is 0 Å². The molecule has 19 heavy (non-hydrogen) atoms. The van der Waals surface area contributed by atoms with Crippen LogP contribution in [0.2, 0.25) is 0 Å². The lowest BCUT2D eigenvalue weighted by Gasteiger charge is -2.20. The Labute approximate surface area is 112 Å². The van der Waals surface area contributed by atoms with Gasteiger partial charge in [0.2, 0.25) is 5.91 Å². The predicted molar refractivity (Wildman–Crippen MR) is 74.2 cm³/mol. The van der Waals surface area contributed by atoms with E-state index in [0.717, 1.165) is 0 Å². The molecule has 0 saturated carbocycles. The highest BCUT2D eigenvalue weighted by molar-refractivity contribution is 5.94. The van der Waals surface area contributed by atoms with Crippen LogP contribution in [0.4, 0.5) is 11.4 Å². The van der Waals surface area contributed by atoms with Crippen molar-refractivity contribution in [1.82, 2.24) is 5.32 Å². The highest BCUT2D eigenvalue weighted by Gasteiger charge is 2.13. The Morgan fingerprint density at radius 3 is 2.42 bits per heavy atom. The smallest absolute Gasteiger partial charge is 0.337 e. The van der Waals surface area contributed by atoms with Crippen LogP contribution in [0, 0.1) is 0 Å². The van der Waals surface area contributed by atoms with E-state index in [9.17, 15) is 9.59 Å². The number of nitrogens with one attached hydrogen (secondary N) is 2. The third-order valence-corrected chi connectivity index (χ3v) is 2.25. The first-order valence-electron chi connectivity index (χ1n) is 5.87. The molecule has 0 aliphatic carbocycles. The zero-order valence-electron chi connectivity index (χ0n) is 11.3. The lowest BCUT2D eigenvalue weighted by molar-refractivity contribution is -0.120. The molecule has 0 saturated heterocycles. The highest BCUT2D eigenvalue weighted by atomic mass is 16.4. The minimum absolute atomic E-state index is 0.0460. The summed E-state index contributed by atoms with van der Waals surface area (Å²) in [7, 11) is 0. The van der Waals surface area contributed by atoms with E-state index in [0.29, 0.717) is 5.69 Å². The Bertz CT molecular complexity index is 492. The summed E-state index contributed by atoms with van der Waals surface area (Å²) in [5.41, 5.74) is 6.13. The Morgan fingerprint density at radius 2 is 1.95 bits per heavy atom. The van der Waals surface area contributed by atoms with Crippen LogP contribution < -0.4 is 16.4 Å². The van der Waals surface area contributed by atoms with Crippen LogP contribution in [0.25, 0.3) is 0 Å². The fourth-order valence-corrected chi connectivity index (χ4v) is 1.51. The standard InChI is InChI=1S/C13H19N3O3/c1-13(2,3)16-11(17)7-15-8-4-5-9(12(18)19)10(14)6-8/h4-6,15H,7,14H2,1-3H3,(H,16,17)(H,18,19). The first kappa shape index (κ1) is 14.8. The van der Waals surface area contributed by atoms with Crippen molar-refractivity contribution >= 4 is 23.3 Å². The van der Waals surface area contributed by atoms with Gasteiger partial charge in [-0.3, -0.25) is 4.79 Å². The molecule has 6 nitrogen and oxygen atoms in total. The first-order chi connectivity index (χ1) is 8.69. The van der Waals surface area contributed by atoms with Crippen molar-refractivity contribution in [3.63, 3.8) is 0 Å². The van der Waals surface area contributed by atoms with Gasteiger partial charge in [0, 0.05) is 16.9 Å². The molecule has 104 valence electrons. The van der Waals surface area contributed by atoms with E-state index < -0.39 is 5.97 Å². The third kappa shape index (κ3) is 4.87. The van der Waals surface area contributed by atoms with Crippen LogP contribution in [0.3, 0.4) is 0 Å². The molecule has 0 fully saturated rings. The molecule has 0 aromatic heterocycles. The Balaban J connectivity index is 2.62. The molecular formula is C13H19N3O3. The van der Waals surface area contributed by atoms with E-state index in [1.807, 2.05) is 20.8 Å². The molecule has 5 N–H and O–H groups in total. The predicted octanol–water partition coefficient (Wildman–Crippen LogP) is 1.29. The lowest BCUT2D eigenvalue weighted by Crippen LogP contribution is -2.43. The Morgan fingerprint density at radius 1 is 1.32 bits per heavy atom. The maximum absolute atomic E-state index is 11.6. The van der Waals surface area contributed by atoms with Gasteiger partial charge in [0.1, 0.15) is 0 Å². The van der Waals surface area contributed by atoms with E-state index in [1.54, 1.807) is 6.07 Å². The average Bonchev–Trinajstić information content (AvgIpc) is 2.23. The van der Waals surface area contributed by atoms with E-state index in [1.165, 1.54) is 12.1 Å². The molecule has 1 rings (SSSR count). The quantitative estimate of drug-likeness (QED) is 0.614. The number of carboxylic acid groups (broad SMARTS) is 1. The highest BCUT2D eigenvalue weighted by Crippen LogP contribution is 2.17. The zero-order valence-corrected chi connectivity index (χ0v) is 11.3. The van der Waals surface area contributed by atoms with Crippen LogP contribution in [0.15, 0.2) is 18.2 Å². The lowest BCUT2D eigenvalue weighted by atomic mass is 10.1. The molecule has 1 aromatic carbocycles. The minimum atomic E-state index is -1.07. The molecule has 1 aromatic rings. The van der Waals surface area contributed by atoms with Crippen molar-refractivity contribution in [2.45, 2.75) is 26.3 Å². The van der Waals surface area contributed by atoms with Crippen molar-refractivity contribution in [2.24, 2.45) is 0 Å². The molecule has 0 heterocycles. The number of nitrogen functional groups attached to an aromatic ring is 1. The number of carboxylic acids is 1. The van der Waals surface area contributed by atoms with E-state index in [2.05, 4.69) is 10.6 Å². The van der Waals surface area contributed by atoms with Crippen molar-refractivity contribution in [3.8, 4) is 0 Å². The molecule has 0 spiro atoms. The van der Waals surface area contributed by atoms with Gasteiger partial charge in [-0.15, -0.1) is 0 Å². The van der Waals surface area contributed by atoms with Crippen molar-refractivity contribution in [3.05, 3.63) is 23.8 Å². The third-order valence-electron chi connectivity index (χ3n) is 2.25. The normalized spacial score (nSPS) is 10.9. The zero-order chi connectivity index (χ0) is 14.6. The van der Waals surface area contributed by atoms with Crippen molar-refractivity contribution < 1.29 is 14.7 Å². The Kier molecular flexibility index (Phi) is 4.37. The average molecular weight is 265 g/mol. The summed E-state index contributed by atoms with van der Waals surface area (Å²) in [6.07, 6.45) is 0. The van der Waals surface area contributed by atoms with Crippen LogP contribution >= 0.6 is 0 Å². The molecule has 0 radical (unpaired) electrons. The van der Waals surface area contributed by atoms with Gasteiger partial charge in [-0.2, -0.15) is 0 Å². The molecule has 6 heteroatoms. The number of aromatic carboxylic acids is 1. The molecule has 0 aliphatic heterocycles. The topological polar surface area (TPSA) is 104 Å². The number of anilines is 2. The van der Waals surface area contributed by atoms with Gasteiger partial charge in [-0.05, 0) is 39.0 Å². The second kappa shape index (κ2) is 5.60. The molecule has 0 aliphatic rings. The number of carbonyl (C=O) groups is 2. The van der Waals surface area contributed by atoms with Gasteiger partial charge in [0.05, 0.1) is 12.1 Å². The maximum atomic E-state index is 11.6. The Hall–Kier alpha value is -2.24. The molecule has 0 unspecified atom stereocenters. The fraction of sp³-hybridized carbons (Fsp3) is 0.385. The largest absolute Gasteiger partial charge is 0.478 e. The molecule has 1 amide bonds.